The fourth-order valence-corrected chi connectivity index (χ4v) is 5.02. The Morgan fingerprint density at radius 1 is 1.39 bits per heavy atom. The molecule has 0 radical (unpaired) electrons. The molecule has 0 bridgehead atoms. The summed E-state index contributed by atoms with van der Waals surface area (Å²) in [7, 11) is 0. The smallest absolute Gasteiger partial charge is 0.145 e. The average Bonchev–Trinajstić information content (AvgIpc) is 3.07. The molecule has 174 valence electrons. The van der Waals surface area contributed by atoms with Crippen LogP contribution in [0, 0.1) is 18.3 Å². The molecular weight excluding hydrogens is 440 g/mol. The van der Waals surface area contributed by atoms with Gasteiger partial charge in [-0.15, -0.1) is 0 Å². The van der Waals surface area contributed by atoms with E-state index >= 15 is 0 Å². The van der Waals surface area contributed by atoms with E-state index in [0.29, 0.717) is 42.5 Å². The Labute approximate surface area is 198 Å². The first-order chi connectivity index (χ1) is 15.8. The lowest BCUT2D eigenvalue weighted by atomic mass is 9.85. The molecule has 0 aliphatic carbocycles. The molecule has 2 aromatic heterocycles. The molecule has 33 heavy (non-hydrogen) atoms. The predicted octanol–water partition coefficient (Wildman–Crippen LogP) is 3.27. The van der Waals surface area contributed by atoms with Crippen molar-refractivity contribution >= 4 is 28.5 Å². The van der Waals surface area contributed by atoms with E-state index in [0.717, 1.165) is 46.6 Å². The molecular formula is C24H29ClN6O2. The number of nitriles is 1. The predicted molar refractivity (Wildman–Crippen MR) is 129 cm³/mol. The van der Waals surface area contributed by atoms with E-state index in [2.05, 4.69) is 25.5 Å². The summed E-state index contributed by atoms with van der Waals surface area (Å²) >= 11 is 6.58. The van der Waals surface area contributed by atoms with Gasteiger partial charge in [0.15, 0.2) is 0 Å². The van der Waals surface area contributed by atoms with Crippen LogP contribution in [0.25, 0.3) is 11.0 Å². The number of aromatic nitrogens is 3. The van der Waals surface area contributed by atoms with E-state index in [1.54, 1.807) is 6.92 Å². The van der Waals surface area contributed by atoms with E-state index in [9.17, 15) is 10.4 Å². The summed E-state index contributed by atoms with van der Waals surface area (Å²) in [6.45, 7) is 9.00. The van der Waals surface area contributed by atoms with Crippen molar-refractivity contribution in [3.8, 4) is 11.8 Å². The first-order valence-corrected chi connectivity index (χ1v) is 11.6. The molecule has 8 nitrogen and oxygen atoms in total. The molecule has 4 rings (SSSR count). The van der Waals surface area contributed by atoms with Gasteiger partial charge in [-0.1, -0.05) is 11.6 Å². The molecule has 3 aromatic rings. The molecule has 3 N–H and O–H groups in total. The van der Waals surface area contributed by atoms with Gasteiger partial charge < -0.3 is 20.1 Å². The first-order valence-electron chi connectivity index (χ1n) is 11.2. The normalized spacial score (nSPS) is 15.4. The average molecular weight is 469 g/mol. The summed E-state index contributed by atoms with van der Waals surface area (Å²) in [5.41, 5.74) is 10.2. The minimum Gasteiger partial charge on any atom is -0.493 e. The van der Waals surface area contributed by atoms with Crippen LogP contribution in [0.5, 0.6) is 5.75 Å². The molecule has 3 heterocycles. The maximum absolute atomic E-state index is 9.84. The Bertz CT molecular complexity index is 1210. The number of likely N-dealkylation sites (tertiary alicyclic amines) is 1. The Balaban J connectivity index is 1.67. The van der Waals surface area contributed by atoms with Crippen LogP contribution < -0.4 is 10.5 Å². The zero-order valence-electron chi connectivity index (χ0n) is 19.2. The highest BCUT2D eigenvalue weighted by Gasteiger charge is 2.34. The second-order valence-corrected chi connectivity index (χ2v) is 9.06. The number of fused-ring (bicyclic) bond motifs is 1. The molecule has 1 fully saturated rings. The van der Waals surface area contributed by atoms with Crippen LogP contribution >= 0.6 is 11.6 Å². The third kappa shape index (κ3) is 4.49. The van der Waals surface area contributed by atoms with E-state index in [1.165, 1.54) is 6.33 Å². The van der Waals surface area contributed by atoms with E-state index in [1.807, 2.05) is 26.1 Å². The fraction of sp³-hybridized carbons (Fsp3) is 0.458. The number of aliphatic hydroxyl groups is 1. The topological polar surface area (TPSA) is 113 Å². The van der Waals surface area contributed by atoms with Gasteiger partial charge in [0.25, 0.3) is 0 Å². The SMILES string of the molecule is CCOc1c(CCn2cc(C)c3c(N)ncnc32)cc(Cl)c(C#N)c1C1CN(C[C@H](C)O)C1. The number of hydrogen-bond donors (Lipinski definition) is 2. The number of nitrogens with zero attached hydrogens (tertiary/aromatic N) is 5. The van der Waals surface area contributed by atoms with Crippen LogP contribution in [0.4, 0.5) is 5.82 Å². The largest absolute Gasteiger partial charge is 0.493 e. The van der Waals surface area contributed by atoms with Crippen molar-refractivity contribution in [1.29, 1.82) is 5.26 Å². The van der Waals surface area contributed by atoms with E-state index < -0.39 is 0 Å². The molecule has 1 atom stereocenters. The second kappa shape index (κ2) is 9.56. The summed E-state index contributed by atoms with van der Waals surface area (Å²) in [5.74, 6) is 1.36. The molecule has 1 aromatic carbocycles. The van der Waals surface area contributed by atoms with Gasteiger partial charge in [-0.25, -0.2) is 9.97 Å². The minimum atomic E-state index is -0.389. The number of nitrogens with two attached hydrogens (primary N) is 1. The van der Waals surface area contributed by atoms with Crippen molar-refractivity contribution in [2.75, 3.05) is 32.0 Å². The number of rotatable bonds is 8. The Kier molecular flexibility index (Phi) is 6.75. The lowest BCUT2D eigenvalue weighted by Crippen LogP contribution is -2.48. The van der Waals surface area contributed by atoms with Crippen molar-refractivity contribution < 1.29 is 9.84 Å². The van der Waals surface area contributed by atoms with Gasteiger partial charge in [0.05, 0.1) is 28.7 Å². The van der Waals surface area contributed by atoms with Gasteiger partial charge in [-0.2, -0.15) is 5.26 Å². The number of hydrogen-bond acceptors (Lipinski definition) is 7. The number of halogens is 1. The number of ether oxygens (including phenoxy) is 1. The van der Waals surface area contributed by atoms with Crippen molar-refractivity contribution in [3.05, 3.63) is 45.9 Å². The second-order valence-electron chi connectivity index (χ2n) is 8.66. The summed E-state index contributed by atoms with van der Waals surface area (Å²) in [6, 6.07) is 4.14. The van der Waals surface area contributed by atoms with E-state index in [-0.39, 0.29) is 12.0 Å². The van der Waals surface area contributed by atoms with Crippen LogP contribution in [0.2, 0.25) is 5.02 Å². The summed E-state index contributed by atoms with van der Waals surface area (Å²) in [5, 5.41) is 20.8. The number of β-amino-alcohol motifs (C(OH)–C–C–N with tert-alkyl or cyclic N) is 1. The third-order valence-corrected chi connectivity index (χ3v) is 6.43. The van der Waals surface area contributed by atoms with Crippen LogP contribution in [-0.4, -0.2) is 56.9 Å². The maximum atomic E-state index is 9.84. The standard InChI is InChI=1S/C24H29ClN6O2/c1-4-33-22-16(5-6-31-9-14(2)20-23(27)28-13-29-24(20)31)7-19(25)18(8-26)21(22)17-11-30(12-17)10-15(3)32/h7,9,13,15,17,32H,4-6,10-12H2,1-3H3,(H2,27,28,29)/t15-/m0/s1. The van der Waals surface area contributed by atoms with Crippen LogP contribution in [0.3, 0.4) is 0 Å². The first kappa shape index (κ1) is 23.3. The lowest BCUT2D eigenvalue weighted by molar-refractivity contribution is 0.0731. The summed E-state index contributed by atoms with van der Waals surface area (Å²) in [4.78, 5) is 10.7. The van der Waals surface area contributed by atoms with Crippen LogP contribution in [0.15, 0.2) is 18.6 Å². The van der Waals surface area contributed by atoms with Gasteiger partial charge in [-0.3, -0.25) is 4.90 Å². The fourth-order valence-electron chi connectivity index (χ4n) is 4.74. The van der Waals surface area contributed by atoms with E-state index in [4.69, 9.17) is 22.1 Å². The maximum Gasteiger partial charge on any atom is 0.145 e. The van der Waals surface area contributed by atoms with Gasteiger partial charge in [0.2, 0.25) is 0 Å². The molecule has 0 saturated carbocycles. The molecule has 1 aliphatic heterocycles. The van der Waals surface area contributed by atoms with Gasteiger partial charge in [0, 0.05) is 43.9 Å². The Morgan fingerprint density at radius 3 is 2.82 bits per heavy atom. The van der Waals surface area contributed by atoms with Crippen LogP contribution in [0.1, 0.15) is 42.0 Å². The van der Waals surface area contributed by atoms with Crippen molar-refractivity contribution in [2.45, 2.75) is 45.8 Å². The van der Waals surface area contributed by atoms with Gasteiger partial charge in [-0.05, 0) is 44.4 Å². The van der Waals surface area contributed by atoms with Crippen LogP contribution in [-0.2, 0) is 13.0 Å². The van der Waals surface area contributed by atoms with Gasteiger partial charge >= 0.3 is 0 Å². The number of nitrogen functional groups attached to an aromatic ring is 1. The zero-order chi connectivity index (χ0) is 23.7. The third-order valence-electron chi connectivity index (χ3n) is 6.13. The van der Waals surface area contributed by atoms with Gasteiger partial charge in [0.1, 0.15) is 29.6 Å². The lowest BCUT2D eigenvalue weighted by Gasteiger charge is -2.41. The number of benzene rings is 1. The Morgan fingerprint density at radius 2 is 2.15 bits per heavy atom. The highest BCUT2D eigenvalue weighted by molar-refractivity contribution is 6.32. The minimum absolute atomic E-state index is 0.139. The molecule has 0 unspecified atom stereocenters. The molecule has 0 amide bonds. The number of anilines is 1. The zero-order valence-corrected chi connectivity index (χ0v) is 19.9. The highest BCUT2D eigenvalue weighted by atomic mass is 35.5. The molecule has 1 saturated heterocycles. The summed E-state index contributed by atoms with van der Waals surface area (Å²) < 4.78 is 8.17. The number of aryl methyl sites for hydroxylation is 3. The summed E-state index contributed by atoms with van der Waals surface area (Å²) in [6.07, 6.45) is 3.78. The van der Waals surface area contributed by atoms with Crippen molar-refractivity contribution in [2.24, 2.45) is 0 Å². The van der Waals surface area contributed by atoms with Crippen molar-refractivity contribution in [1.82, 2.24) is 19.4 Å². The molecule has 1 aliphatic rings. The molecule has 0 spiro atoms. The highest BCUT2D eigenvalue weighted by Crippen LogP contribution is 2.42. The quantitative estimate of drug-likeness (QED) is 0.521. The molecule has 9 heteroatoms. The number of aliphatic hydroxyl groups excluding tert-OH is 1. The monoisotopic (exact) mass is 468 g/mol. The van der Waals surface area contributed by atoms with Crippen molar-refractivity contribution in [3.63, 3.8) is 0 Å². The Hall–Kier alpha value is -2.86.